The fourth-order valence-electron chi connectivity index (χ4n) is 3.82. The van der Waals surface area contributed by atoms with Gasteiger partial charge in [0.05, 0.1) is 30.7 Å². The molecule has 1 amide bonds. The van der Waals surface area contributed by atoms with Crippen LogP contribution >= 0.6 is 0 Å². The molecular formula is C18H25N5O3. The molecule has 8 nitrogen and oxygen atoms in total. The first kappa shape index (κ1) is 17.4. The number of carbonyl (C=O) groups is 1. The molecule has 1 N–H and O–H groups in total. The summed E-state index contributed by atoms with van der Waals surface area (Å²) in [5.41, 5.74) is 1.71. The van der Waals surface area contributed by atoms with Crippen molar-refractivity contribution in [2.75, 3.05) is 32.8 Å². The summed E-state index contributed by atoms with van der Waals surface area (Å²) in [7, 11) is 0. The number of aromatic nitrogens is 2. The molecule has 0 aromatic carbocycles. The van der Waals surface area contributed by atoms with Gasteiger partial charge >= 0.3 is 0 Å². The molecule has 2 saturated heterocycles. The zero-order valence-electron chi connectivity index (χ0n) is 15.1. The highest BCUT2D eigenvalue weighted by molar-refractivity contribution is 6.39. The minimum absolute atomic E-state index is 0.188. The van der Waals surface area contributed by atoms with Crippen molar-refractivity contribution in [1.82, 2.24) is 20.2 Å². The second-order valence-corrected chi connectivity index (χ2v) is 7.54. The monoisotopic (exact) mass is 359 g/mol. The lowest BCUT2D eigenvalue weighted by Crippen LogP contribution is -2.38. The Labute approximate surface area is 153 Å². The number of oxime groups is 1. The van der Waals surface area contributed by atoms with Crippen LogP contribution in [0.2, 0.25) is 0 Å². The highest BCUT2D eigenvalue weighted by atomic mass is 16.7. The van der Waals surface area contributed by atoms with Crippen LogP contribution in [-0.2, 0) is 20.9 Å². The summed E-state index contributed by atoms with van der Waals surface area (Å²) >= 11 is 0. The standard InChI is InChI=1S/C18H25N5O3/c1-13-7-20-15(8-19-13)9-21-17(24)16-6-18(26-22-16)3-4-23(12-18)10-14-2-5-25-11-14/h7-8,14H,2-6,9-12H2,1H3,(H,21,24)/t14-,18+/m1/s1. The Kier molecular flexibility index (Phi) is 4.86. The number of carbonyl (C=O) groups excluding carboxylic acids is 1. The first-order chi connectivity index (χ1) is 12.6. The molecule has 0 aliphatic carbocycles. The van der Waals surface area contributed by atoms with Crippen molar-refractivity contribution in [3.05, 3.63) is 23.8 Å². The number of nitrogens with zero attached hydrogens (tertiary/aromatic N) is 4. The molecule has 0 bridgehead atoms. The van der Waals surface area contributed by atoms with Gasteiger partial charge in [-0.05, 0) is 19.3 Å². The first-order valence-corrected chi connectivity index (χ1v) is 9.23. The van der Waals surface area contributed by atoms with Crippen LogP contribution < -0.4 is 5.32 Å². The minimum Gasteiger partial charge on any atom is -0.387 e. The van der Waals surface area contributed by atoms with E-state index in [9.17, 15) is 4.79 Å². The molecule has 4 rings (SSSR count). The van der Waals surface area contributed by atoms with Crippen molar-refractivity contribution < 1.29 is 14.4 Å². The molecule has 0 radical (unpaired) electrons. The molecule has 2 fully saturated rings. The molecule has 26 heavy (non-hydrogen) atoms. The van der Waals surface area contributed by atoms with Gasteiger partial charge in [0.2, 0.25) is 0 Å². The third kappa shape index (κ3) is 3.86. The predicted octanol–water partition coefficient (Wildman–Crippen LogP) is 0.659. The number of likely N-dealkylation sites (tertiary alicyclic amines) is 1. The van der Waals surface area contributed by atoms with Crippen LogP contribution in [-0.4, -0.2) is 64.9 Å². The van der Waals surface area contributed by atoms with Gasteiger partial charge in [-0.15, -0.1) is 0 Å². The molecule has 2 atom stereocenters. The predicted molar refractivity (Wildman–Crippen MR) is 94.5 cm³/mol. The average molecular weight is 359 g/mol. The fraction of sp³-hybridized carbons (Fsp3) is 0.667. The van der Waals surface area contributed by atoms with E-state index in [1.165, 1.54) is 0 Å². The molecule has 1 spiro atoms. The lowest BCUT2D eigenvalue weighted by molar-refractivity contribution is -0.115. The third-order valence-electron chi connectivity index (χ3n) is 5.30. The number of nitrogens with one attached hydrogen (secondary N) is 1. The van der Waals surface area contributed by atoms with Crippen molar-refractivity contribution in [3.8, 4) is 0 Å². The Balaban J connectivity index is 1.26. The Morgan fingerprint density at radius 3 is 3.12 bits per heavy atom. The Hall–Kier alpha value is -2.06. The van der Waals surface area contributed by atoms with Crippen LogP contribution in [0.5, 0.6) is 0 Å². The van der Waals surface area contributed by atoms with Crippen molar-refractivity contribution >= 4 is 11.6 Å². The van der Waals surface area contributed by atoms with E-state index in [-0.39, 0.29) is 11.5 Å². The van der Waals surface area contributed by atoms with E-state index in [4.69, 9.17) is 9.57 Å². The number of rotatable bonds is 5. The molecule has 1 aromatic heterocycles. The van der Waals surface area contributed by atoms with E-state index in [2.05, 4.69) is 25.3 Å². The zero-order valence-corrected chi connectivity index (χ0v) is 15.1. The maximum atomic E-state index is 12.4. The summed E-state index contributed by atoms with van der Waals surface area (Å²) in [6.45, 7) is 6.80. The van der Waals surface area contributed by atoms with E-state index < -0.39 is 0 Å². The Morgan fingerprint density at radius 1 is 1.42 bits per heavy atom. The first-order valence-electron chi connectivity index (χ1n) is 9.23. The van der Waals surface area contributed by atoms with Crippen molar-refractivity contribution in [2.24, 2.45) is 11.1 Å². The minimum atomic E-state index is -0.338. The third-order valence-corrected chi connectivity index (χ3v) is 5.30. The summed E-state index contributed by atoms with van der Waals surface area (Å²) in [5.74, 6) is 0.428. The Bertz CT molecular complexity index is 687. The maximum Gasteiger partial charge on any atom is 0.269 e. The van der Waals surface area contributed by atoms with Crippen LogP contribution in [0.25, 0.3) is 0 Å². The summed E-state index contributed by atoms with van der Waals surface area (Å²) in [4.78, 5) is 28.9. The molecule has 140 valence electrons. The van der Waals surface area contributed by atoms with Crippen molar-refractivity contribution in [2.45, 2.75) is 38.3 Å². The second kappa shape index (κ2) is 7.28. The largest absolute Gasteiger partial charge is 0.387 e. The van der Waals surface area contributed by atoms with E-state index in [0.29, 0.717) is 24.6 Å². The fourth-order valence-corrected chi connectivity index (χ4v) is 3.82. The van der Waals surface area contributed by atoms with E-state index in [0.717, 1.165) is 57.1 Å². The molecule has 0 unspecified atom stereocenters. The number of hydrogen-bond acceptors (Lipinski definition) is 7. The van der Waals surface area contributed by atoms with Gasteiger partial charge in [-0.2, -0.15) is 0 Å². The van der Waals surface area contributed by atoms with Gasteiger partial charge in [0, 0.05) is 45.3 Å². The molecular weight excluding hydrogens is 334 g/mol. The maximum absolute atomic E-state index is 12.4. The number of ether oxygens (including phenoxy) is 1. The molecule has 0 saturated carbocycles. The van der Waals surface area contributed by atoms with Gasteiger partial charge in [0.25, 0.3) is 5.91 Å². The van der Waals surface area contributed by atoms with Gasteiger partial charge in [0.15, 0.2) is 5.60 Å². The SMILES string of the molecule is Cc1cnc(CNC(=O)C2=NO[C@@]3(CCN(C[C@H]4CCOC4)C3)C2)cn1. The van der Waals surface area contributed by atoms with E-state index in [1.54, 1.807) is 12.4 Å². The van der Waals surface area contributed by atoms with Crippen LogP contribution in [0.15, 0.2) is 17.5 Å². The number of hydrogen-bond donors (Lipinski definition) is 1. The van der Waals surface area contributed by atoms with Gasteiger partial charge < -0.3 is 14.9 Å². The van der Waals surface area contributed by atoms with Crippen molar-refractivity contribution in [1.29, 1.82) is 0 Å². The summed E-state index contributed by atoms with van der Waals surface area (Å²) in [6.07, 6.45) is 5.97. The molecule has 1 aromatic rings. The molecule has 8 heteroatoms. The van der Waals surface area contributed by atoms with Crippen LogP contribution in [0.1, 0.15) is 30.7 Å². The highest BCUT2D eigenvalue weighted by Crippen LogP contribution is 2.34. The summed E-state index contributed by atoms with van der Waals surface area (Å²) in [6, 6.07) is 0. The van der Waals surface area contributed by atoms with E-state index in [1.807, 2.05) is 6.92 Å². The average Bonchev–Trinajstić information content (AvgIpc) is 3.38. The highest BCUT2D eigenvalue weighted by Gasteiger charge is 2.46. The van der Waals surface area contributed by atoms with Crippen LogP contribution in [0.3, 0.4) is 0 Å². The lowest BCUT2D eigenvalue weighted by atomic mass is 9.96. The van der Waals surface area contributed by atoms with Gasteiger partial charge in [-0.1, -0.05) is 5.16 Å². The van der Waals surface area contributed by atoms with Gasteiger partial charge in [-0.25, -0.2) is 0 Å². The lowest BCUT2D eigenvalue weighted by Gasteiger charge is -2.23. The van der Waals surface area contributed by atoms with Crippen molar-refractivity contribution in [3.63, 3.8) is 0 Å². The number of amides is 1. The normalized spacial score (nSPS) is 28.3. The van der Waals surface area contributed by atoms with Gasteiger partial charge in [0.1, 0.15) is 5.71 Å². The quantitative estimate of drug-likeness (QED) is 0.831. The molecule has 4 heterocycles. The second-order valence-electron chi connectivity index (χ2n) is 7.54. The molecule has 3 aliphatic heterocycles. The number of aryl methyl sites for hydroxylation is 1. The topological polar surface area (TPSA) is 88.9 Å². The summed E-state index contributed by atoms with van der Waals surface area (Å²) in [5, 5.41) is 6.94. The van der Waals surface area contributed by atoms with Crippen LogP contribution in [0, 0.1) is 12.8 Å². The van der Waals surface area contributed by atoms with E-state index >= 15 is 0 Å². The molecule has 3 aliphatic rings. The summed E-state index contributed by atoms with van der Waals surface area (Å²) < 4.78 is 5.46. The van der Waals surface area contributed by atoms with Crippen LogP contribution in [0.4, 0.5) is 0 Å². The zero-order chi connectivity index (χ0) is 18.0. The smallest absolute Gasteiger partial charge is 0.269 e. The Morgan fingerprint density at radius 2 is 2.35 bits per heavy atom. The van der Waals surface area contributed by atoms with Gasteiger partial charge in [-0.3, -0.25) is 19.7 Å².